The van der Waals surface area contributed by atoms with Gasteiger partial charge < -0.3 is 5.11 Å². The second kappa shape index (κ2) is 8.73. The molecule has 3 aromatic rings. The summed E-state index contributed by atoms with van der Waals surface area (Å²) in [4.78, 5) is 5.38. The van der Waals surface area contributed by atoms with Gasteiger partial charge in [0.05, 0.1) is 11.1 Å². The van der Waals surface area contributed by atoms with Gasteiger partial charge in [0, 0.05) is 16.5 Å². The second-order valence-corrected chi connectivity index (χ2v) is 14.1. The molecular formula is C30H36NOP. The minimum atomic E-state index is -0.486. The van der Waals surface area contributed by atoms with Crippen molar-refractivity contribution < 1.29 is 5.11 Å². The molecule has 2 atom stereocenters. The summed E-state index contributed by atoms with van der Waals surface area (Å²) in [7, 11) is -0.486. The van der Waals surface area contributed by atoms with E-state index in [2.05, 4.69) is 90.1 Å². The molecule has 0 amide bonds. The van der Waals surface area contributed by atoms with E-state index >= 15 is 0 Å². The fraction of sp³-hybridized carbons (Fsp3) is 0.367. The maximum absolute atomic E-state index is 11.8. The summed E-state index contributed by atoms with van der Waals surface area (Å²) in [5.41, 5.74) is 4.76. The standard InChI is InChI=1S/C30H36NOP/c1-28(2,3)30(25-19-13-18-24(26(25)32)22-14-9-7-10-15-22)20-21-33(29(4,5)6)27(30)31-23-16-11-8-12-17-23/h7-19,32H,20-21H2,1-6H3. The quantitative estimate of drug-likeness (QED) is 0.392. The highest BCUT2D eigenvalue weighted by Gasteiger charge is 2.57. The number of phenolic OH excluding ortho intramolecular Hbond substituents is 1. The van der Waals surface area contributed by atoms with E-state index in [-0.39, 0.29) is 16.0 Å². The Morgan fingerprint density at radius 2 is 1.39 bits per heavy atom. The van der Waals surface area contributed by atoms with Crippen molar-refractivity contribution in [3.8, 4) is 16.9 Å². The first-order valence-electron chi connectivity index (χ1n) is 11.9. The van der Waals surface area contributed by atoms with Gasteiger partial charge in [-0.3, -0.25) is 4.99 Å². The Balaban J connectivity index is 2.01. The van der Waals surface area contributed by atoms with Gasteiger partial charge in [0.1, 0.15) is 5.75 Å². The number of aliphatic imine (C=N–C) groups is 1. The van der Waals surface area contributed by atoms with E-state index in [0.29, 0.717) is 5.75 Å². The van der Waals surface area contributed by atoms with Gasteiger partial charge in [-0.25, -0.2) is 0 Å². The Morgan fingerprint density at radius 1 is 0.788 bits per heavy atom. The summed E-state index contributed by atoms with van der Waals surface area (Å²) in [6.07, 6.45) is 2.12. The van der Waals surface area contributed by atoms with Crippen LogP contribution in [-0.4, -0.2) is 21.9 Å². The molecule has 1 saturated heterocycles. The first-order chi connectivity index (χ1) is 15.6. The zero-order valence-corrected chi connectivity index (χ0v) is 21.7. The van der Waals surface area contributed by atoms with Gasteiger partial charge in [0.2, 0.25) is 0 Å². The monoisotopic (exact) mass is 457 g/mol. The summed E-state index contributed by atoms with van der Waals surface area (Å²) >= 11 is 0. The fourth-order valence-electron chi connectivity index (χ4n) is 5.27. The summed E-state index contributed by atoms with van der Waals surface area (Å²) in [5.74, 6) is 0.394. The molecule has 0 radical (unpaired) electrons. The van der Waals surface area contributed by atoms with E-state index in [0.717, 1.165) is 35.0 Å². The lowest BCUT2D eigenvalue weighted by Crippen LogP contribution is -2.44. The zero-order valence-electron chi connectivity index (χ0n) is 20.8. The smallest absolute Gasteiger partial charge is 0.127 e. The first kappa shape index (κ1) is 23.7. The normalized spacial score (nSPS) is 22.6. The second-order valence-electron chi connectivity index (χ2n) is 11.1. The van der Waals surface area contributed by atoms with Crippen LogP contribution in [0.1, 0.15) is 53.5 Å². The van der Waals surface area contributed by atoms with Gasteiger partial charge >= 0.3 is 0 Å². The van der Waals surface area contributed by atoms with Crippen LogP contribution in [-0.2, 0) is 5.41 Å². The van der Waals surface area contributed by atoms with E-state index in [4.69, 9.17) is 4.99 Å². The number of phenols is 1. The van der Waals surface area contributed by atoms with Crippen molar-refractivity contribution in [3.05, 3.63) is 84.4 Å². The highest BCUT2D eigenvalue weighted by atomic mass is 31.1. The van der Waals surface area contributed by atoms with Crippen molar-refractivity contribution in [1.29, 1.82) is 0 Å². The molecular weight excluding hydrogens is 421 g/mol. The third kappa shape index (κ3) is 4.26. The van der Waals surface area contributed by atoms with Gasteiger partial charge in [0.15, 0.2) is 0 Å². The number of hydrogen-bond acceptors (Lipinski definition) is 2. The zero-order chi connectivity index (χ0) is 23.9. The molecule has 0 aromatic heterocycles. The summed E-state index contributed by atoms with van der Waals surface area (Å²) in [6.45, 7) is 14.0. The highest BCUT2D eigenvalue weighted by molar-refractivity contribution is 7.77. The Kier molecular flexibility index (Phi) is 6.27. The molecule has 172 valence electrons. The molecule has 1 aliphatic rings. The lowest BCUT2D eigenvalue weighted by molar-refractivity contribution is 0.253. The minimum Gasteiger partial charge on any atom is -0.507 e. The number of para-hydroxylation sites is 2. The largest absolute Gasteiger partial charge is 0.507 e. The number of hydrogen-bond donors (Lipinski definition) is 1. The van der Waals surface area contributed by atoms with Gasteiger partial charge in [-0.1, -0.05) is 116 Å². The molecule has 1 fully saturated rings. The SMILES string of the molecule is CC(C)(C)P1CCC(c2cccc(-c3ccccc3)c2O)(C(C)(C)C)C1=Nc1ccccc1. The fourth-order valence-corrected chi connectivity index (χ4v) is 8.61. The van der Waals surface area contributed by atoms with E-state index < -0.39 is 7.92 Å². The third-order valence-electron chi connectivity index (χ3n) is 7.01. The third-order valence-corrected chi connectivity index (χ3v) is 10.3. The van der Waals surface area contributed by atoms with Crippen LogP contribution in [0, 0.1) is 5.41 Å². The van der Waals surface area contributed by atoms with Crippen LogP contribution in [0.3, 0.4) is 0 Å². The van der Waals surface area contributed by atoms with E-state index in [1.165, 1.54) is 5.45 Å². The molecule has 33 heavy (non-hydrogen) atoms. The Bertz CT molecular complexity index is 1140. The predicted molar refractivity (Wildman–Crippen MR) is 144 cm³/mol. The molecule has 1 aliphatic heterocycles. The molecule has 1 heterocycles. The lowest BCUT2D eigenvalue weighted by Gasteiger charge is -2.45. The number of rotatable bonds is 3. The highest BCUT2D eigenvalue weighted by Crippen LogP contribution is 2.68. The topological polar surface area (TPSA) is 32.6 Å². The van der Waals surface area contributed by atoms with Crippen LogP contribution in [0.5, 0.6) is 5.75 Å². The van der Waals surface area contributed by atoms with Crippen molar-refractivity contribution in [3.63, 3.8) is 0 Å². The van der Waals surface area contributed by atoms with Crippen LogP contribution in [0.25, 0.3) is 11.1 Å². The van der Waals surface area contributed by atoms with Gasteiger partial charge in [-0.2, -0.15) is 0 Å². The molecule has 0 saturated carbocycles. The van der Waals surface area contributed by atoms with Crippen molar-refractivity contribution in [2.75, 3.05) is 6.16 Å². The van der Waals surface area contributed by atoms with Crippen molar-refractivity contribution in [2.24, 2.45) is 10.4 Å². The average molecular weight is 458 g/mol. The molecule has 2 nitrogen and oxygen atoms in total. The van der Waals surface area contributed by atoms with Gasteiger partial charge in [-0.15, -0.1) is 0 Å². The van der Waals surface area contributed by atoms with E-state index in [9.17, 15) is 5.11 Å². The van der Waals surface area contributed by atoms with Gasteiger partial charge in [0.25, 0.3) is 0 Å². The maximum atomic E-state index is 11.8. The Morgan fingerprint density at radius 3 is 1.97 bits per heavy atom. The van der Waals surface area contributed by atoms with Crippen LogP contribution in [0.2, 0.25) is 0 Å². The summed E-state index contributed by atoms with van der Waals surface area (Å²) in [6, 6.07) is 26.8. The van der Waals surface area contributed by atoms with Crippen LogP contribution in [0.4, 0.5) is 5.69 Å². The van der Waals surface area contributed by atoms with Crippen molar-refractivity contribution in [2.45, 2.75) is 58.5 Å². The van der Waals surface area contributed by atoms with Crippen LogP contribution >= 0.6 is 7.92 Å². The Labute approximate surface area is 200 Å². The van der Waals surface area contributed by atoms with Crippen LogP contribution < -0.4 is 0 Å². The summed E-state index contributed by atoms with van der Waals surface area (Å²) < 4.78 is 0. The van der Waals surface area contributed by atoms with E-state index in [1.807, 2.05) is 30.3 Å². The predicted octanol–water partition coefficient (Wildman–Crippen LogP) is 8.76. The molecule has 3 heteroatoms. The van der Waals surface area contributed by atoms with Crippen LogP contribution in [0.15, 0.2) is 83.9 Å². The molecule has 0 aliphatic carbocycles. The molecule has 0 spiro atoms. The molecule has 3 aromatic carbocycles. The lowest BCUT2D eigenvalue weighted by atomic mass is 9.61. The molecule has 0 bridgehead atoms. The number of aromatic hydroxyl groups is 1. The molecule has 1 N–H and O–H groups in total. The number of benzene rings is 3. The maximum Gasteiger partial charge on any atom is 0.127 e. The summed E-state index contributed by atoms with van der Waals surface area (Å²) in [5, 5.41) is 11.9. The molecule has 4 rings (SSSR count). The van der Waals surface area contributed by atoms with E-state index in [1.54, 1.807) is 0 Å². The van der Waals surface area contributed by atoms with Crippen molar-refractivity contribution in [1.82, 2.24) is 0 Å². The minimum absolute atomic E-state index is 0.115. The number of nitrogens with zero attached hydrogens (tertiary/aromatic N) is 1. The van der Waals surface area contributed by atoms with Crippen molar-refractivity contribution >= 4 is 19.1 Å². The molecule has 2 unspecified atom stereocenters. The Hall–Kier alpha value is -2.44. The average Bonchev–Trinajstić information content (AvgIpc) is 3.16. The first-order valence-corrected chi connectivity index (χ1v) is 13.4. The van der Waals surface area contributed by atoms with Gasteiger partial charge in [-0.05, 0) is 40.8 Å².